The average molecular weight is 519 g/mol. The highest BCUT2D eigenvalue weighted by molar-refractivity contribution is 7.14. The Hall–Kier alpha value is -3.30. The number of aromatic nitrogens is 2. The Morgan fingerprint density at radius 1 is 1.08 bits per heavy atom. The van der Waals surface area contributed by atoms with E-state index in [1.54, 1.807) is 24.5 Å². The first-order chi connectivity index (χ1) is 17.5. The van der Waals surface area contributed by atoms with Gasteiger partial charge in [-0.2, -0.15) is 0 Å². The molecule has 36 heavy (non-hydrogen) atoms. The highest BCUT2D eigenvalue weighted by atomic mass is 35.5. The van der Waals surface area contributed by atoms with Gasteiger partial charge >= 0.3 is 0 Å². The topological polar surface area (TPSA) is 73.4 Å². The number of halogens is 1. The highest BCUT2D eigenvalue weighted by Crippen LogP contribution is 2.32. The molecule has 0 spiro atoms. The number of amides is 1. The number of thiazole rings is 1. The van der Waals surface area contributed by atoms with E-state index >= 15 is 0 Å². The fourth-order valence-electron chi connectivity index (χ4n) is 4.02. The van der Waals surface area contributed by atoms with Crippen LogP contribution in [0.15, 0.2) is 72.4 Å². The molecule has 0 atom stereocenters. The molecule has 0 unspecified atom stereocenters. The maximum absolute atomic E-state index is 12.9. The molecule has 2 N–H and O–H groups in total. The van der Waals surface area contributed by atoms with Crippen LogP contribution in [-0.2, 0) is 6.54 Å². The van der Waals surface area contributed by atoms with Gasteiger partial charge in [-0.05, 0) is 55.1 Å². The number of nitrogens with one attached hydrogen (secondary N) is 2. The second-order valence-electron chi connectivity index (χ2n) is 8.83. The van der Waals surface area contributed by atoms with E-state index in [4.69, 9.17) is 11.6 Å². The maximum Gasteiger partial charge on any atom is 0.255 e. The van der Waals surface area contributed by atoms with Crippen LogP contribution in [0.25, 0.3) is 11.3 Å². The molecule has 5 rings (SSSR count). The van der Waals surface area contributed by atoms with Crippen molar-refractivity contribution in [1.29, 1.82) is 0 Å². The monoisotopic (exact) mass is 518 g/mol. The molecule has 0 bridgehead atoms. The number of piperazine rings is 1. The third-order valence-corrected chi connectivity index (χ3v) is 7.23. The molecule has 1 saturated heterocycles. The number of carbonyl (C=O) groups excluding carboxylic acids is 1. The van der Waals surface area contributed by atoms with Gasteiger partial charge in [0, 0.05) is 67.3 Å². The fraction of sp³-hybridized carbons (Fsp3) is 0.222. The number of likely N-dealkylation sites (N-methyl/N-ethyl adjacent to an activating group) is 1. The molecular formula is C27H27ClN6OS. The van der Waals surface area contributed by atoms with Crippen LogP contribution in [0.5, 0.6) is 0 Å². The van der Waals surface area contributed by atoms with Crippen LogP contribution in [0.2, 0.25) is 5.02 Å². The van der Waals surface area contributed by atoms with Gasteiger partial charge in [-0.25, -0.2) is 4.98 Å². The van der Waals surface area contributed by atoms with Gasteiger partial charge in [-0.1, -0.05) is 23.7 Å². The normalized spacial score (nSPS) is 14.5. The lowest BCUT2D eigenvalue weighted by Crippen LogP contribution is -2.43. The number of hydrogen-bond acceptors (Lipinski definition) is 7. The number of rotatable bonds is 7. The van der Waals surface area contributed by atoms with Crippen LogP contribution in [0, 0.1) is 0 Å². The van der Waals surface area contributed by atoms with Crippen molar-refractivity contribution >= 4 is 45.4 Å². The number of anilines is 3. The van der Waals surface area contributed by atoms with Crippen LogP contribution < -0.4 is 10.6 Å². The Morgan fingerprint density at radius 2 is 1.89 bits per heavy atom. The largest absolute Gasteiger partial charge is 0.330 e. The molecule has 4 aromatic rings. The molecule has 1 aliphatic rings. The quantitative estimate of drug-likeness (QED) is 0.331. The molecule has 1 amide bonds. The van der Waals surface area contributed by atoms with E-state index in [1.165, 1.54) is 16.9 Å². The van der Waals surface area contributed by atoms with Crippen molar-refractivity contribution in [3.63, 3.8) is 0 Å². The van der Waals surface area contributed by atoms with E-state index in [0.717, 1.165) is 44.0 Å². The van der Waals surface area contributed by atoms with E-state index in [1.807, 2.05) is 47.8 Å². The van der Waals surface area contributed by atoms with E-state index in [9.17, 15) is 4.79 Å². The third kappa shape index (κ3) is 6.09. The molecule has 184 valence electrons. The lowest BCUT2D eigenvalue weighted by molar-refractivity contribution is 0.102. The first-order valence-electron chi connectivity index (χ1n) is 11.8. The summed E-state index contributed by atoms with van der Waals surface area (Å²) in [4.78, 5) is 26.4. The Balaban J connectivity index is 1.22. The van der Waals surface area contributed by atoms with Crippen molar-refractivity contribution in [2.24, 2.45) is 0 Å². The summed E-state index contributed by atoms with van der Waals surface area (Å²) in [5, 5.41) is 9.44. The van der Waals surface area contributed by atoms with Crippen molar-refractivity contribution in [3.8, 4) is 11.3 Å². The molecule has 9 heteroatoms. The number of pyridine rings is 1. The molecule has 0 radical (unpaired) electrons. The summed E-state index contributed by atoms with van der Waals surface area (Å²) in [6.45, 7) is 5.22. The summed E-state index contributed by atoms with van der Waals surface area (Å²) in [5.41, 5.74) is 4.93. The first kappa shape index (κ1) is 24.4. The SMILES string of the molecule is CN1CCN(Cc2ccc(C(=O)Nc3ccc(Cl)c(Nc4nc(-c5cccnc5)cs4)c3)cc2)CC1. The molecule has 7 nitrogen and oxygen atoms in total. The minimum Gasteiger partial charge on any atom is -0.330 e. The van der Waals surface area contributed by atoms with Crippen molar-refractivity contribution in [2.75, 3.05) is 43.9 Å². The van der Waals surface area contributed by atoms with Gasteiger partial charge in [-0.3, -0.25) is 14.7 Å². The van der Waals surface area contributed by atoms with Crippen LogP contribution in [0.3, 0.4) is 0 Å². The standard InChI is InChI=1S/C27H27ClN6OS/c1-33-11-13-34(14-12-33)17-19-4-6-20(7-5-19)26(35)30-22-8-9-23(28)24(15-22)31-27-32-25(18-36-27)21-3-2-10-29-16-21/h2-10,15-16,18H,11-14,17H2,1H3,(H,30,35)(H,31,32). The van der Waals surface area contributed by atoms with Crippen LogP contribution in [0.1, 0.15) is 15.9 Å². The third-order valence-electron chi connectivity index (χ3n) is 6.15. The first-order valence-corrected chi connectivity index (χ1v) is 13.0. The van der Waals surface area contributed by atoms with Gasteiger partial charge < -0.3 is 15.5 Å². The summed E-state index contributed by atoms with van der Waals surface area (Å²) >= 11 is 7.89. The van der Waals surface area contributed by atoms with Gasteiger partial charge in [0.25, 0.3) is 5.91 Å². The van der Waals surface area contributed by atoms with E-state index in [0.29, 0.717) is 27.1 Å². The Kier molecular flexibility index (Phi) is 7.58. The molecular weight excluding hydrogens is 492 g/mol. The fourth-order valence-corrected chi connectivity index (χ4v) is 4.92. The van der Waals surface area contributed by atoms with Crippen LogP contribution in [0.4, 0.5) is 16.5 Å². The second kappa shape index (κ2) is 11.2. The molecule has 2 aromatic carbocycles. The van der Waals surface area contributed by atoms with Gasteiger partial charge in [0.05, 0.1) is 16.4 Å². The smallest absolute Gasteiger partial charge is 0.255 e. The van der Waals surface area contributed by atoms with Crippen molar-refractivity contribution in [2.45, 2.75) is 6.54 Å². The molecule has 2 aromatic heterocycles. The van der Waals surface area contributed by atoms with E-state index in [-0.39, 0.29) is 5.91 Å². The number of nitrogens with zero attached hydrogens (tertiary/aromatic N) is 4. The summed E-state index contributed by atoms with van der Waals surface area (Å²) < 4.78 is 0. The van der Waals surface area contributed by atoms with E-state index < -0.39 is 0 Å². The van der Waals surface area contributed by atoms with Crippen molar-refractivity contribution in [1.82, 2.24) is 19.8 Å². The summed E-state index contributed by atoms with van der Waals surface area (Å²) in [6, 6.07) is 17.0. The zero-order valence-corrected chi connectivity index (χ0v) is 21.5. The molecule has 0 aliphatic carbocycles. The lowest BCUT2D eigenvalue weighted by atomic mass is 10.1. The number of hydrogen-bond donors (Lipinski definition) is 2. The Morgan fingerprint density at radius 3 is 2.64 bits per heavy atom. The lowest BCUT2D eigenvalue weighted by Gasteiger charge is -2.32. The number of benzene rings is 2. The predicted molar refractivity (Wildman–Crippen MR) is 147 cm³/mol. The number of carbonyl (C=O) groups is 1. The van der Waals surface area contributed by atoms with Crippen molar-refractivity contribution < 1.29 is 4.79 Å². The Labute approximate surface area is 219 Å². The summed E-state index contributed by atoms with van der Waals surface area (Å²) in [7, 11) is 2.16. The van der Waals surface area contributed by atoms with Gasteiger partial charge in [0.1, 0.15) is 0 Å². The minimum atomic E-state index is -0.164. The average Bonchev–Trinajstić information content (AvgIpc) is 3.37. The zero-order chi connectivity index (χ0) is 24.9. The zero-order valence-electron chi connectivity index (χ0n) is 19.9. The molecule has 0 saturated carbocycles. The van der Waals surface area contributed by atoms with Crippen molar-refractivity contribution in [3.05, 3.63) is 88.5 Å². The van der Waals surface area contributed by atoms with Gasteiger partial charge in [-0.15, -0.1) is 11.3 Å². The van der Waals surface area contributed by atoms with Crippen LogP contribution in [-0.4, -0.2) is 58.9 Å². The molecule has 1 aliphatic heterocycles. The molecule has 3 heterocycles. The van der Waals surface area contributed by atoms with E-state index in [2.05, 4.69) is 37.4 Å². The predicted octanol–water partition coefficient (Wildman–Crippen LogP) is 5.60. The minimum absolute atomic E-state index is 0.164. The molecule has 1 fully saturated rings. The van der Waals surface area contributed by atoms with Crippen LogP contribution >= 0.6 is 22.9 Å². The highest BCUT2D eigenvalue weighted by Gasteiger charge is 2.15. The Bertz CT molecular complexity index is 1320. The summed E-state index contributed by atoms with van der Waals surface area (Å²) in [5.74, 6) is -0.164. The second-order valence-corrected chi connectivity index (χ2v) is 10.1. The summed E-state index contributed by atoms with van der Waals surface area (Å²) in [6.07, 6.45) is 3.51. The maximum atomic E-state index is 12.9. The van der Waals surface area contributed by atoms with Gasteiger partial charge in [0.15, 0.2) is 5.13 Å². The van der Waals surface area contributed by atoms with Gasteiger partial charge in [0.2, 0.25) is 0 Å².